The first kappa shape index (κ1) is 18.9. The molecule has 0 bridgehead atoms. The van der Waals surface area contributed by atoms with Gasteiger partial charge in [-0.15, -0.1) is 0 Å². The minimum Gasteiger partial charge on any atom is -0.338 e. The Morgan fingerprint density at radius 1 is 1.25 bits per heavy atom. The van der Waals surface area contributed by atoms with Gasteiger partial charge in [-0.05, 0) is 24.9 Å². The molecule has 0 aromatic carbocycles. The van der Waals surface area contributed by atoms with Crippen LogP contribution in [0.5, 0.6) is 0 Å². The number of urea groups is 1. The molecule has 3 amide bonds. The number of carbonyl (C=O) groups is 2. The lowest BCUT2D eigenvalue weighted by Gasteiger charge is -2.30. The quantitative estimate of drug-likeness (QED) is 0.550. The smallest absolute Gasteiger partial charge is 0.321 e. The average molecular weight is 286 g/mol. The van der Waals surface area contributed by atoms with Gasteiger partial charge in [0.25, 0.3) is 0 Å². The summed E-state index contributed by atoms with van der Waals surface area (Å²) < 4.78 is 0. The van der Waals surface area contributed by atoms with Crippen LogP contribution in [-0.2, 0) is 4.79 Å². The lowest BCUT2D eigenvalue weighted by Crippen LogP contribution is -2.47. The second-order valence-electron chi connectivity index (χ2n) is 5.83. The van der Waals surface area contributed by atoms with E-state index in [1.807, 2.05) is 18.7 Å². The highest BCUT2D eigenvalue weighted by atomic mass is 16.2. The molecule has 0 unspecified atom stereocenters. The van der Waals surface area contributed by atoms with Gasteiger partial charge < -0.3 is 11.1 Å². The number of nitrogens with two attached hydrogens (primary N) is 1. The Morgan fingerprint density at radius 3 is 2.40 bits per heavy atom. The molecule has 0 fully saturated rings. The van der Waals surface area contributed by atoms with Gasteiger partial charge in [0.05, 0.1) is 6.54 Å². The highest BCUT2D eigenvalue weighted by molar-refractivity contribution is 5.95. The van der Waals surface area contributed by atoms with E-state index in [1.54, 1.807) is 0 Å². The van der Waals surface area contributed by atoms with E-state index in [9.17, 15) is 9.59 Å². The standard InChI is InChI=1S/C14H30N4O2/c1-5-7-8-16-13(20)17-12(19)9-18(6-2)11-14(3,4)10-15/h5-11,15H2,1-4H3,(H2,16,17,19,20). The maximum Gasteiger partial charge on any atom is 0.321 e. The molecule has 20 heavy (non-hydrogen) atoms. The number of nitrogens with one attached hydrogen (secondary N) is 2. The molecular weight excluding hydrogens is 256 g/mol. The number of hydrogen-bond acceptors (Lipinski definition) is 4. The number of imide groups is 1. The van der Waals surface area contributed by atoms with Crippen LogP contribution in [0.1, 0.15) is 40.5 Å². The summed E-state index contributed by atoms with van der Waals surface area (Å²) in [5, 5.41) is 5.00. The van der Waals surface area contributed by atoms with Crippen LogP contribution in [0.25, 0.3) is 0 Å². The maximum atomic E-state index is 11.8. The first-order chi connectivity index (χ1) is 9.34. The van der Waals surface area contributed by atoms with Crippen LogP contribution < -0.4 is 16.4 Å². The summed E-state index contributed by atoms with van der Waals surface area (Å²) in [4.78, 5) is 25.2. The Bertz CT molecular complexity index is 306. The van der Waals surface area contributed by atoms with Gasteiger partial charge in [-0.2, -0.15) is 0 Å². The zero-order valence-corrected chi connectivity index (χ0v) is 13.3. The molecule has 0 aliphatic carbocycles. The Balaban J connectivity index is 4.12. The predicted molar refractivity (Wildman–Crippen MR) is 81.4 cm³/mol. The largest absolute Gasteiger partial charge is 0.338 e. The minimum absolute atomic E-state index is 0.0420. The third kappa shape index (κ3) is 8.87. The van der Waals surface area contributed by atoms with E-state index in [-0.39, 0.29) is 17.9 Å². The number of likely N-dealkylation sites (N-methyl/N-ethyl adjacent to an activating group) is 1. The van der Waals surface area contributed by atoms with Crippen molar-refractivity contribution in [1.82, 2.24) is 15.5 Å². The predicted octanol–water partition coefficient (Wildman–Crippen LogP) is 0.919. The molecule has 0 spiro atoms. The molecule has 6 nitrogen and oxygen atoms in total. The number of carbonyl (C=O) groups excluding carboxylic acids is 2. The van der Waals surface area contributed by atoms with Crippen LogP contribution in [0.15, 0.2) is 0 Å². The molecular formula is C14H30N4O2. The Morgan fingerprint density at radius 2 is 1.90 bits per heavy atom. The lowest BCUT2D eigenvalue weighted by atomic mass is 9.93. The van der Waals surface area contributed by atoms with Gasteiger partial charge in [-0.1, -0.05) is 34.1 Å². The molecule has 0 aromatic rings. The average Bonchev–Trinajstić information content (AvgIpc) is 2.37. The summed E-state index contributed by atoms with van der Waals surface area (Å²) in [6.45, 7) is 11.0. The summed E-state index contributed by atoms with van der Waals surface area (Å²) in [6.07, 6.45) is 1.92. The van der Waals surface area contributed by atoms with Crippen LogP contribution in [0.2, 0.25) is 0 Å². The fraction of sp³-hybridized carbons (Fsp3) is 0.857. The molecule has 0 saturated carbocycles. The summed E-state index contributed by atoms with van der Waals surface area (Å²) in [7, 11) is 0. The second kappa shape index (κ2) is 9.72. The number of rotatable bonds is 9. The van der Waals surface area contributed by atoms with Crippen molar-refractivity contribution < 1.29 is 9.59 Å². The van der Waals surface area contributed by atoms with E-state index in [0.717, 1.165) is 25.9 Å². The van der Waals surface area contributed by atoms with Crippen molar-refractivity contribution in [3.8, 4) is 0 Å². The summed E-state index contributed by atoms with van der Waals surface area (Å²) in [5.41, 5.74) is 5.66. The van der Waals surface area contributed by atoms with Crippen LogP contribution in [0.4, 0.5) is 4.79 Å². The number of hydrogen-bond donors (Lipinski definition) is 3. The van der Waals surface area contributed by atoms with Gasteiger partial charge in [0.2, 0.25) is 5.91 Å². The van der Waals surface area contributed by atoms with Crippen molar-refractivity contribution in [3.05, 3.63) is 0 Å². The molecule has 0 rings (SSSR count). The van der Waals surface area contributed by atoms with Gasteiger partial charge >= 0.3 is 6.03 Å². The monoisotopic (exact) mass is 286 g/mol. The van der Waals surface area contributed by atoms with Crippen LogP contribution >= 0.6 is 0 Å². The van der Waals surface area contributed by atoms with Crippen molar-refractivity contribution >= 4 is 11.9 Å². The Kier molecular flexibility index (Phi) is 9.16. The van der Waals surface area contributed by atoms with E-state index in [1.165, 1.54) is 0 Å². The SMILES string of the molecule is CCCCNC(=O)NC(=O)CN(CC)CC(C)(C)CN. The van der Waals surface area contributed by atoms with Crippen LogP contribution in [0, 0.1) is 5.41 Å². The number of unbranched alkanes of at least 4 members (excludes halogenated alkanes) is 1. The first-order valence-corrected chi connectivity index (χ1v) is 7.34. The normalized spacial score (nSPS) is 11.5. The van der Waals surface area contributed by atoms with E-state index in [4.69, 9.17) is 5.73 Å². The zero-order chi connectivity index (χ0) is 15.6. The number of nitrogens with zero attached hydrogens (tertiary/aromatic N) is 1. The fourth-order valence-corrected chi connectivity index (χ4v) is 1.74. The zero-order valence-electron chi connectivity index (χ0n) is 13.3. The van der Waals surface area contributed by atoms with E-state index in [0.29, 0.717) is 13.1 Å². The van der Waals surface area contributed by atoms with Crippen molar-refractivity contribution in [3.63, 3.8) is 0 Å². The molecule has 0 radical (unpaired) electrons. The van der Waals surface area contributed by atoms with Crippen molar-refractivity contribution in [2.75, 3.05) is 32.7 Å². The van der Waals surface area contributed by atoms with Crippen molar-refractivity contribution in [2.45, 2.75) is 40.5 Å². The molecule has 6 heteroatoms. The summed E-state index contributed by atoms with van der Waals surface area (Å²) >= 11 is 0. The van der Waals surface area contributed by atoms with Crippen molar-refractivity contribution in [1.29, 1.82) is 0 Å². The molecule has 0 heterocycles. The molecule has 118 valence electrons. The molecule has 4 N–H and O–H groups in total. The molecule has 0 aliphatic rings. The third-order valence-electron chi connectivity index (χ3n) is 3.09. The van der Waals surface area contributed by atoms with E-state index >= 15 is 0 Å². The molecule has 0 aromatic heterocycles. The highest BCUT2D eigenvalue weighted by Crippen LogP contribution is 2.14. The molecule has 0 aliphatic heterocycles. The third-order valence-corrected chi connectivity index (χ3v) is 3.09. The van der Waals surface area contributed by atoms with Crippen LogP contribution in [0.3, 0.4) is 0 Å². The van der Waals surface area contributed by atoms with Gasteiger partial charge in [-0.25, -0.2) is 4.79 Å². The first-order valence-electron chi connectivity index (χ1n) is 7.34. The van der Waals surface area contributed by atoms with Crippen molar-refractivity contribution in [2.24, 2.45) is 11.1 Å². The van der Waals surface area contributed by atoms with E-state index in [2.05, 4.69) is 24.5 Å². The molecule has 0 atom stereocenters. The fourth-order valence-electron chi connectivity index (χ4n) is 1.74. The van der Waals surface area contributed by atoms with Gasteiger partial charge in [0.1, 0.15) is 0 Å². The topological polar surface area (TPSA) is 87.5 Å². The summed E-state index contributed by atoms with van der Waals surface area (Å²) in [6, 6.07) is -0.419. The van der Waals surface area contributed by atoms with Gasteiger partial charge in [0, 0.05) is 13.1 Å². The lowest BCUT2D eigenvalue weighted by molar-refractivity contribution is -0.121. The highest BCUT2D eigenvalue weighted by Gasteiger charge is 2.21. The van der Waals surface area contributed by atoms with E-state index < -0.39 is 6.03 Å². The maximum absolute atomic E-state index is 11.8. The Labute approximate surface area is 122 Å². The van der Waals surface area contributed by atoms with Gasteiger partial charge in [-0.3, -0.25) is 15.0 Å². The van der Waals surface area contributed by atoms with Crippen LogP contribution in [-0.4, -0.2) is 49.6 Å². The Hall–Kier alpha value is -1.14. The molecule has 0 saturated heterocycles. The van der Waals surface area contributed by atoms with Gasteiger partial charge in [0.15, 0.2) is 0 Å². The number of amides is 3. The minimum atomic E-state index is -0.419. The summed E-state index contributed by atoms with van der Waals surface area (Å²) in [5.74, 6) is -0.284. The second-order valence-corrected chi connectivity index (χ2v) is 5.83.